The number of aromatic amines is 1. The number of aromatic nitrogens is 1. The summed E-state index contributed by atoms with van der Waals surface area (Å²) < 4.78 is 5.02. The maximum Gasteiger partial charge on any atom is 0.417 e. The molecule has 0 radical (unpaired) electrons. The van der Waals surface area contributed by atoms with E-state index in [1.165, 1.54) is 16.9 Å². The van der Waals surface area contributed by atoms with Crippen LogP contribution in [0, 0.1) is 0 Å². The third-order valence-corrected chi connectivity index (χ3v) is 4.97. The van der Waals surface area contributed by atoms with Crippen molar-refractivity contribution in [3.8, 4) is 0 Å². The fourth-order valence-electron chi connectivity index (χ4n) is 2.96. The van der Waals surface area contributed by atoms with Gasteiger partial charge >= 0.3 is 5.76 Å². The van der Waals surface area contributed by atoms with Crippen LogP contribution >= 0.6 is 11.3 Å². The molecule has 0 saturated carbocycles. The lowest BCUT2D eigenvalue weighted by Crippen LogP contribution is -2.16. The SMILES string of the molecule is Nc1cc2oc(=O)[nH]c2cc1NC1CCCc2sccc21. The molecule has 1 aromatic carbocycles. The van der Waals surface area contributed by atoms with Gasteiger partial charge in [0.15, 0.2) is 5.58 Å². The summed E-state index contributed by atoms with van der Waals surface area (Å²) in [7, 11) is 0. The average Bonchev–Trinajstić information content (AvgIpc) is 3.05. The second-order valence-corrected chi connectivity index (χ2v) is 6.34. The molecule has 5 nitrogen and oxygen atoms in total. The number of oxazole rings is 1. The Morgan fingerprint density at radius 1 is 1.43 bits per heavy atom. The number of hydrogen-bond donors (Lipinski definition) is 3. The highest BCUT2D eigenvalue weighted by Gasteiger charge is 2.21. The van der Waals surface area contributed by atoms with Crippen LogP contribution in [0.25, 0.3) is 11.1 Å². The molecule has 0 aliphatic heterocycles. The van der Waals surface area contributed by atoms with Crippen LogP contribution in [0.2, 0.25) is 0 Å². The number of aryl methyl sites for hydroxylation is 1. The van der Waals surface area contributed by atoms with Crippen LogP contribution in [0.3, 0.4) is 0 Å². The zero-order valence-corrected chi connectivity index (χ0v) is 12.1. The van der Waals surface area contributed by atoms with Gasteiger partial charge in [-0.1, -0.05) is 0 Å². The number of thiophene rings is 1. The molecule has 3 aromatic rings. The van der Waals surface area contributed by atoms with Crippen molar-refractivity contribution in [3.63, 3.8) is 0 Å². The van der Waals surface area contributed by atoms with Gasteiger partial charge < -0.3 is 15.5 Å². The van der Waals surface area contributed by atoms with Crippen LogP contribution in [-0.4, -0.2) is 4.98 Å². The van der Waals surface area contributed by atoms with Crippen LogP contribution in [-0.2, 0) is 6.42 Å². The molecule has 1 unspecified atom stereocenters. The summed E-state index contributed by atoms with van der Waals surface area (Å²) in [5, 5.41) is 5.65. The van der Waals surface area contributed by atoms with Gasteiger partial charge in [0.25, 0.3) is 0 Å². The van der Waals surface area contributed by atoms with E-state index in [1.54, 1.807) is 6.07 Å². The fraction of sp³-hybridized carbons (Fsp3) is 0.267. The molecule has 0 bridgehead atoms. The van der Waals surface area contributed by atoms with Crippen molar-refractivity contribution < 1.29 is 4.42 Å². The van der Waals surface area contributed by atoms with Gasteiger partial charge in [0.2, 0.25) is 0 Å². The Hall–Kier alpha value is -2.21. The van der Waals surface area contributed by atoms with E-state index in [1.807, 2.05) is 17.4 Å². The highest BCUT2D eigenvalue weighted by Crippen LogP contribution is 2.37. The highest BCUT2D eigenvalue weighted by atomic mass is 32.1. The monoisotopic (exact) mass is 301 g/mol. The summed E-state index contributed by atoms with van der Waals surface area (Å²) >= 11 is 1.82. The van der Waals surface area contributed by atoms with Crippen molar-refractivity contribution in [2.24, 2.45) is 0 Å². The molecule has 1 atom stereocenters. The van der Waals surface area contributed by atoms with Crippen molar-refractivity contribution in [3.05, 3.63) is 44.6 Å². The van der Waals surface area contributed by atoms with Crippen molar-refractivity contribution >= 4 is 33.8 Å². The highest BCUT2D eigenvalue weighted by molar-refractivity contribution is 7.10. The number of nitrogens with two attached hydrogens (primary N) is 1. The van der Waals surface area contributed by atoms with Crippen LogP contribution in [0.15, 0.2) is 32.8 Å². The van der Waals surface area contributed by atoms with Gasteiger partial charge in [-0.05, 0) is 42.3 Å². The van der Waals surface area contributed by atoms with Gasteiger partial charge in [0.1, 0.15) is 0 Å². The fourth-order valence-corrected chi connectivity index (χ4v) is 3.95. The zero-order chi connectivity index (χ0) is 14.4. The Bertz CT molecular complexity index is 861. The number of nitrogens with one attached hydrogen (secondary N) is 2. The number of rotatable bonds is 2. The first-order valence-corrected chi connectivity index (χ1v) is 7.84. The molecule has 1 aliphatic rings. The van der Waals surface area contributed by atoms with Crippen LogP contribution in [0.4, 0.5) is 11.4 Å². The van der Waals surface area contributed by atoms with E-state index in [4.69, 9.17) is 10.2 Å². The van der Waals surface area contributed by atoms with E-state index in [-0.39, 0.29) is 6.04 Å². The number of anilines is 2. The third kappa shape index (κ3) is 2.12. The van der Waals surface area contributed by atoms with Gasteiger partial charge in [0, 0.05) is 10.9 Å². The van der Waals surface area contributed by atoms with Crippen molar-refractivity contribution in [2.45, 2.75) is 25.3 Å². The third-order valence-electron chi connectivity index (χ3n) is 3.97. The summed E-state index contributed by atoms with van der Waals surface area (Å²) in [6.07, 6.45) is 3.42. The Morgan fingerprint density at radius 2 is 2.33 bits per heavy atom. The van der Waals surface area contributed by atoms with E-state index < -0.39 is 5.76 Å². The van der Waals surface area contributed by atoms with Crippen LogP contribution < -0.4 is 16.8 Å². The lowest BCUT2D eigenvalue weighted by atomic mass is 9.94. The summed E-state index contributed by atoms with van der Waals surface area (Å²) in [5.41, 5.74) is 10.0. The molecule has 4 rings (SSSR count). The minimum Gasteiger partial charge on any atom is -0.408 e. The molecule has 21 heavy (non-hydrogen) atoms. The lowest BCUT2D eigenvalue weighted by Gasteiger charge is -2.25. The van der Waals surface area contributed by atoms with Gasteiger partial charge in [-0.3, -0.25) is 4.98 Å². The molecule has 0 spiro atoms. The first-order valence-electron chi connectivity index (χ1n) is 6.96. The van der Waals surface area contributed by atoms with E-state index in [0.717, 1.165) is 18.5 Å². The summed E-state index contributed by atoms with van der Waals surface area (Å²) in [6.45, 7) is 0. The number of hydrogen-bond acceptors (Lipinski definition) is 5. The molecule has 108 valence electrons. The minimum atomic E-state index is -0.459. The van der Waals surface area contributed by atoms with Crippen molar-refractivity contribution in [1.82, 2.24) is 4.98 Å². The number of nitrogen functional groups attached to an aromatic ring is 1. The van der Waals surface area contributed by atoms with Gasteiger partial charge in [-0.15, -0.1) is 11.3 Å². The Labute approximate surface area is 124 Å². The largest absolute Gasteiger partial charge is 0.417 e. The Kier molecular flexibility index (Phi) is 2.78. The zero-order valence-electron chi connectivity index (χ0n) is 11.3. The lowest BCUT2D eigenvalue weighted by molar-refractivity contribution is 0.555. The van der Waals surface area contributed by atoms with Gasteiger partial charge in [0.05, 0.1) is 22.9 Å². The standard InChI is InChI=1S/C15H15N3O2S/c16-9-6-13-12(18-15(19)20-13)7-11(9)17-10-2-1-3-14-8(10)4-5-21-14/h4-7,10,17H,1-3,16H2,(H,18,19). The molecular formula is C15H15N3O2S. The summed E-state index contributed by atoms with van der Waals surface area (Å²) in [6, 6.07) is 5.99. The molecular weight excluding hydrogens is 286 g/mol. The molecule has 1 aliphatic carbocycles. The second-order valence-electron chi connectivity index (χ2n) is 5.34. The van der Waals surface area contributed by atoms with Crippen LogP contribution in [0.1, 0.15) is 29.3 Å². The Balaban J connectivity index is 1.72. The van der Waals surface area contributed by atoms with Gasteiger partial charge in [-0.2, -0.15) is 0 Å². The number of fused-ring (bicyclic) bond motifs is 2. The topological polar surface area (TPSA) is 84.0 Å². The Morgan fingerprint density at radius 3 is 3.24 bits per heavy atom. The molecule has 6 heteroatoms. The first-order chi connectivity index (χ1) is 10.2. The van der Waals surface area contributed by atoms with E-state index >= 15 is 0 Å². The van der Waals surface area contributed by atoms with Crippen molar-refractivity contribution in [2.75, 3.05) is 11.1 Å². The summed E-state index contributed by atoms with van der Waals surface area (Å²) in [5.74, 6) is -0.459. The van der Waals surface area contributed by atoms with Gasteiger partial charge in [-0.25, -0.2) is 4.79 Å². The molecule has 0 saturated heterocycles. The predicted octanol–water partition coefficient (Wildman–Crippen LogP) is 3.25. The number of benzene rings is 1. The van der Waals surface area contributed by atoms with E-state index in [9.17, 15) is 4.79 Å². The predicted molar refractivity (Wildman–Crippen MR) is 84.9 cm³/mol. The quantitative estimate of drug-likeness (QED) is 0.634. The summed E-state index contributed by atoms with van der Waals surface area (Å²) in [4.78, 5) is 15.4. The van der Waals surface area contributed by atoms with E-state index in [0.29, 0.717) is 16.8 Å². The molecule has 2 aromatic heterocycles. The van der Waals surface area contributed by atoms with E-state index in [2.05, 4.69) is 21.7 Å². The number of H-pyrrole nitrogens is 1. The smallest absolute Gasteiger partial charge is 0.408 e. The first kappa shape index (κ1) is 12.5. The molecule has 2 heterocycles. The van der Waals surface area contributed by atoms with Crippen LogP contribution in [0.5, 0.6) is 0 Å². The average molecular weight is 301 g/mol. The maximum atomic E-state index is 11.2. The normalized spacial score (nSPS) is 17.8. The molecule has 0 fully saturated rings. The molecule has 4 N–H and O–H groups in total. The molecule has 0 amide bonds. The minimum absolute atomic E-state index is 0.276. The maximum absolute atomic E-state index is 11.2. The van der Waals surface area contributed by atoms with Crippen molar-refractivity contribution in [1.29, 1.82) is 0 Å². The second kappa shape index (κ2) is 4.66.